The minimum atomic E-state index is -5.36. The monoisotopic (exact) mass is 244 g/mol. The van der Waals surface area contributed by atoms with Gasteiger partial charge in [0.2, 0.25) is 0 Å². The molecule has 1 aromatic rings. The molecule has 0 spiro atoms. The molecule has 1 N–H and O–H groups in total. The number of halogens is 4. The Bertz CT molecular complexity index is 495. The van der Waals surface area contributed by atoms with Crippen molar-refractivity contribution in [1.29, 1.82) is 0 Å². The van der Waals surface area contributed by atoms with Gasteiger partial charge in [0.1, 0.15) is 0 Å². The fraction of sp³-hybridized carbons (Fsp3) is 0.143. The Hall–Kier alpha value is -1.15. The zero-order valence-corrected chi connectivity index (χ0v) is 8.00. The Morgan fingerprint density at radius 2 is 1.27 bits per heavy atom. The van der Waals surface area contributed by atoms with Crippen LogP contribution in [0.25, 0.3) is 0 Å². The number of hydrogen-bond donors (Lipinski definition) is 1. The largest absolute Gasteiger partial charge is 0.300 e. The fourth-order valence-electron chi connectivity index (χ4n) is 0.948. The Morgan fingerprint density at radius 1 is 0.933 bits per heavy atom. The molecule has 0 amide bonds. The predicted molar refractivity (Wildman–Crippen MR) is 40.8 cm³/mol. The van der Waals surface area contributed by atoms with Crippen molar-refractivity contribution in [3.63, 3.8) is 0 Å². The highest BCUT2D eigenvalue weighted by molar-refractivity contribution is 7.85. The van der Waals surface area contributed by atoms with E-state index in [1.54, 1.807) is 0 Å². The van der Waals surface area contributed by atoms with Crippen molar-refractivity contribution in [3.05, 3.63) is 28.8 Å². The summed E-state index contributed by atoms with van der Waals surface area (Å²) in [5.74, 6) is -8.01. The molecule has 8 heteroatoms. The van der Waals surface area contributed by atoms with E-state index in [9.17, 15) is 26.0 Å². The van der Waals surface area contributed by atoms with Gasteiger partial charge in [-0.1, -0.05) is 0 Å². The molecule has 1 aromatic carbocycles. The normalized spacial score (nSPS) is 11.9. The van der Waals surface area contributed by atoms with Crippen molar-refractivity contribution >= 4 is 10.1 Å². The minimum absolute atomic E-state index is 0.727. The first-order valence-electron chi connectivity index (χ1n) is 3.48. The van der Waals surface area contributed by atoms with E-state index in [0.717, 1.165) is 6.92 Å². The summed E-state index contributed by atoms with van der Waals surface area (Å²) in [4.78, 5) is -2.02. The molecule has 0 atom stereocenters. The van der Waals surface area contributed by atoms with Gasteiger partial charge in [-0.25, -0.2) is 17.6 Å². The third kappa shape index (κ3) is 1.82. The predicted octanol–water partition coefficient (Wildman–Crippen LogP) is 1.80. The maximum absolute atomic E-state index is 12.9. The first kappa shape index (κ1) is 11.9. The van der Waals surface area contributed by atoms with Crippen LogP contribution in [0, 0.1) is 30.2 Å². The summed E-state index contributed by atoms with van der Waals surface area (Å²) < 4.78 is 80.6. The van der Waals surface area contributed by atoms with Crippen LogP contribution in [0.15, 0.2) is 4.90 Å². The summed E-state index contributed by atoms with van der Waals surface area (Å²) in [6.45, 7) is 0.727. The topological polar surface area (TPSA) is 54.4 Å². The van der Waals surface area contributed by atoms with Crippen LogP contribution in [0.2, 0.25) is 0 Å². The number of rotatable bonds is 1. The molecule has 0 aromatic heterocycles. The molecule has 0 aliphatic rings. The van der Waals surface area contributed by atoms with Crippen molar-refractivity contribution in [1.82, 2.24) is 0 Å². The lowest BCUT2D eigenvalue weighted by molar-refractivity contribution is 0.398. The van der Waals surface area contributed by atoms with Crippen LogP contribution in [-0.4, -0.2) is 13.0 Å². The van der Waals surface area contributed by atoms with Crippen molar-refractivity contribution in [2.24, 2.45) is 0 Å². The summed E-state index contributed by atoms with van der Waals surface area (Å²) in [5, 5.41) is 0. The summed E-state index contributed by atoms with van der Waals surface area (Å²) in [5.41, 5.74) is -1.00. The Morgan fingerprint density at radius 3 is 1.53 bits per heavy atom. The summed E-state index contributed by atoms with van der Waals surface area (Å²) in [6, 6.07) is 0. The third-order valence-electron chi connectivity index (χ3n) is 1.70. The summed E-state index contributed by atoms with van der Waals surface area (Å²) in [6.07, 6.45) is 0. The molecule has 0 saturated carbocycles. The van der Waals surface area contributed by atoms with E-state index in [0.29, 0.717) is 0 Å². The summed E-state index contributed by atoms with van der Waals surface area (Å²) in [7, 11) is -5.36. The molecular formula is C7H4F4O3S. The van der Waals surface area contributed by atoms with Gasteiger partial charge in [-0.15, -0.1) is 0 Å². The van der Waals surface area contributed by atoms with Gasteiger partial charge >= 0.3 is 10.1 Å². The van der Waals surface area contributed by atoms with Crippen LogP contribution in [0.5, 0.6) is 0 Å². The van der Waals surface area contributed by atoms with E-state index in [1.165, 1.54) is 0 Å². The van der Waals surface area contributed by atoms with Crippen LogP contribution in [-0.2, 0) is 10.1 Å². The van der Waals surface area contributed by atoms with Gasteiger partial charge in [-0.05, 0) is 6.92 Å². The van der Waals surface area contributed by atoms with Crippen molar-refractivity contribution in [3.8, 4) is 0 Å². The van der Waals surface area contributed by atoms with Crippen LogP contribution < -0.4 is 0 Å². The first-order chi connectivity index (χ1) is 6.68. The van der Waals surface area contributed by atoms with Crippen LogP contribution in [0.1, 0.15) is 5.56 Å². The first-order valence-corrected chi connectivity index (χ1v) is 4.92. The van der Waals surface area contributed by atoms with Gasteiger partial charge in [0, 0.05) is 5.56 Å². The Balaban J connectivity index is 3.84. The molecular weight excluding hydrogens is 240 g/mol. The quantitative estimate of drug-likeness (QED) is 0.465. The lowest BCUT2D eigenvalue weighted by Gasteiger charge is -2.06. The van der Waals surface area contributed by atoms with Crippen LogP contribution in [0.4, 0.5) is 17.6 Å². The molecule has 0 aliphatic carbocycles. The molecule has 3 nitrogen and oxygen atoms in total. The minimum Gasteiger partial charge on any atom is -0.282 e. The van der Waals surface area contributed by atoms with Gasteiger partial charge in [-0.2, -0.15) is 8.42 Å². The highest BCUT2D eigenvalue weighted by atomic mass is 32.2. The lowest BCUT2D eigenvalue weighted by Crippen LogP contribution is -2.11. The standard InChI is InChI=1S/C7H4F4O3S/c1-2-3(8)5(10)7(15(12,13)14)6(11)4(2)9/h1H3,(H,12,13,14). The Kier molecular flexibility index (Phi) is 2.75. The number of hydrogen-bond acceptors (Lipinski definition) is 2. The molecule has 0 radical (unpaired) electrons. The molecule has 84 valence electrons. The smallest absolute Gasteiger partial charge is 0.282 e. The van der Waals surface area contributed by atoms with E-state index in [2.05, 4.69) is 0 Å². The molecule has 1 rings (SSSR count). The zero-order chi connectivity index (χ0) is 12.0. The fourth-order valence-corrected chi connectivity index (χ4v) is 1.58. The van der Waals surface area contributed by atoms with Gasteiger partial charge in [-0.3, -0.25) is 4.55 Å². The zero-order valence-electron chi connectivity index (χ0n) is 7.18. The van der Waals surface area contributed by atoms with Crippen molar-refractivity contribution < 1.29 is 30.5 Å². The second-order valence-corrected chi connectivity index (χ2v) is 4.04. The van der Waals surface area contributed by atoms with E-state index in [4.69, 9.17) is 4.55 Å². The van der Waals surface area contributed by atoms with Gasteiger partial charge in [0.15, 0.2) is 28.2 Å². The molecule has 0 saturated heterocycles. The maximum atomic E-state index is 12.9. The van der Waals surface area contributed by atoms with Crippen LogP contribution >= 0.6 is 0 Å². The average Bonchev–Trinajstić information content (AvgIpc) is 2.09. The molecule has 0 heterocycles. The van der Waals surface area contributed by atoms with Crippen molar-refractivity contribution in [2.75, 3.05) is 0 Å². The van der Waals surface area contributed by atoms with Gasteiger partial charge in [0.05, 0.1) is 0 Å². The van der Waals surface area contributed by atoms with E-state index in [-0.39, 0.29) is 0 Å². The second kappa shape index (κ2) is 3.46. The molecule has 0 fully saturated rings. The van der Waals surface area contributed by atoms with Crippen molar-refractivity contribution in [2.45, 2.75) is 11.8 Å². The maximum Gasteiger partial charge on any atom is 0.300 e. The second-order valence-electron chi connectivity index (χ2n) is 2.69. The van der Waals surface area contributed by atoms with Crippen LogP contribution in [0.3, 0.4) is 0 Å². The van der Waals surface area contributed by atoms with E-state index in [1.807, 2.05) is 0 Å². The highest BCUT2D eigenvalue weighted by Gasteiger charge is 2.30. The van der Waals surface area contributed by atoms with Gasteiger partial charge in [0.25, 0.3) is 0 Å². The molecule has 0 unspecified atom stereocenters. The Labute approximate surface area is 82.1 Å². The molecule has 0 bridgehead atoms. The molecule has 0 aliphatic heterocycles. The van der Waals surface area contributed by atoms with E-state index >= 15 is 0 Å². The lowest BCUT2D eigenvalue weighted by atomic mass is 10.2. The van der Waals surface area contributed by atoms with Gasteiger partial charge < -0.3 is 0 Å². The molecule has 15 heavy (non-hydrogen) atoms. The SMILES string of the molecule is Cc1c(F)c(F)c(S(=O)(=O)O)c(F)c1F. The third-order valence-corrected chi connectivity index (χ3v) is 2.57. The number of benzene rings is 1. The highest BCUT2D eigenvalue weighted by Crippen LogP contribution is 2.26. The van der Waals surface area contributed by atoms with E-state index < -0.39 is 43.8 Å². The summed E-state index contributed by atoms with van der Waals surface area (Å²) >= 11 is 0. The average molecular weight is 244 g/mol.